The number of rotatable bonds is 3. The lowest BCUT2D eigenvalue weighted by Crippen LogP contribution is -2.55. The Bertz CT molecular complexity index is 987. The van der Waals surface area contributed by atoms with Crippen LogP contribution in [0.5, 0.6) is 23.0 Å². The summed E-state index contributed by atoms with van der Waals surface area (Å²) in [5, 5.41) is 70.4. The van der Waals surface area contributed by atoms with Crippen molar-refractivity contribution in [1.82, 2.24) is 0 Å². The van der Waals surface area contributed by atoms with E-state index in [0.29, 0.717) is 5.56 Å². The third kappa shape index (κ3) is 3.58. The van der Waals surface area contributed by atoms with Crippen LogP contribution in [0.4, 0.5) is 0 Å². The Kier molecular flexibility index (Phi) is 5.50. The van der Waals surface area contributed by atoms with E-state index >= 15 is 0 Å². The number of aromatic hydroxyl groups is 3. The minimum absolute atomic E-state index is 0.0172. The van der Waals surface area contributed by atoms with Crippen LogP contribution in [0, 0.1) is 0 Å². The molecule has 31 heavy (non-hydrogen) atoms. The fourth-order valence-electron chi connectivity index (χ4n) is 3.98. The average Bonchev–Trinajstić information content (AvgIpc) is 2.73. The zero-order chi connectivity index (χ0) is 22.4. The summed E-state index contributed by atoms with van der Waals surface area (Å²) >= 11 is 0. The fourth-order valence-corrected chi connectivity index (χ4v) is 3.98. The number of benzene rings is 2. The van der Waals surface area contributed by atoms with Crippen molar-refractivity contribution in [2.45, 2.75) is 43.0 Å². The molecule has 0 bridgehead atoms. The number of ether oxygens (including phenoxy) is 2. The number of aliphatic hydroxyl groups excluding tert-OH is 4. The summed E-state index contributed by atoms with van der Waals surface area (Å²) in [5.74, 6) is -1.82. The molecule has 7 N–H and O–H groups in total. The Hall–Kier alpha value is -2.89. The second-order valence-corrected chi connectivity index (χ2v) is 7.61. The standard InChI is InChI=1S/C21H22O10/c22-7-14-17(27)18(28)19(29)21(31-14)16-11(25)5-10(24)15-12(26)6-13(30-20(15)16)8-1-3-9(23)4-2-8/h1-5,13-14,17-19,21-25,27-29H,6-7H2/t13-,14+,17+,18-,19+,21-/m0/s1. The van der Waals surface area contributed by atoms with E-state index in [2.05, 4.69) is 0 Å². The third-order valence-corrected chi connectivity index (χ3v) is 5.63. The molecule has 10 heteroatoms. The summed E-state index contributed by atoms with van der Waals surface area (Å²) in [6.07, 6.45) is -8.75. The molecule has 2 aliphatic heterocycles. The lowest BCUT2D eigenvalue weighted by molar-refractivity contribution is -0.232. The molecule has 0 unspecified atom stereocenters. The van der Waals surface area contributed by atoms with Gasteiger partial charge in [0, 0.05) is 6.07 Å². The first-order chi connectivity index (χ1) is 14.7. The van der Waals surface area contributed by atoms with Crippen LogP contribution in [0.1, 0.15) is 40.1 Å². The van der Waals surface area contributed by atoms with Crippen LogP contribution >= 0.6 is 0 Å². The number of hydrogen-bond donors (Lipinski definition) is 7. The van der Waals surface area contributed by atoms with Crippen molar-refractivity contribution in [3.05, 3.63) is 47.0 Å². The predicted octanol–water partition coefficient (Wildman–Crippen LogP) is 0.0248. The van der Waals surface area contributed by atoms with E-state index in [1.54, 1.807) is 12.1 Å². The summed E-state index contributed by atoms with van der Waals surface area (Å²) in [6, 6.07) is 6.83. The molecule has 4 rings (SSSR count). The monoisotopic (exact) mass is 434 g/mol. The van der Waals surface area contributed by atoms with Gasteiger partial charge in [0.05, 0.1) is 18.6 Å². The molecule has 10 nitrogen and oxygen atoms in total. The van der Waals surface area contributed by atoms with Crippen molar-refractivity contribution in [3.63, 3.8) is 0 Å². The molecule has 6 atom stereocenters. The molecular formula is C21H22O10. The summed E-state index contributed by atoms with van der Waals surface area (Å²) in [7, 11) is 0. The predicted molar refractivity (Wildman–Crippen MR) is 103 cm³/mol. The van der Waals surface area contributed by atoms with Crippen molar-refractivity contribution in [2.24, 2.45) is 0 Å². The van der Waals surface area contributed by atoms with Crippen LogP contribution in [0.2, 0.25) is 0 Å². The minimum Gasteiger partial charge on any atom is -0.508 e. The Morgan fingerprint density at radius 3 is 2.26 bits per heavy atom. The van der Waals surface area contributed by atoms with Gasteiger partial charge in [0.1, 0.15) is 65.2 Å². The number of carbonyl (C=O) groups is 1. The summed E-state index contributed by atoms with van der Waals surface area (Å²) < 4.78 is 11.5. The minimum atomic E-state index is -1.73. The molecule has 0 aromatic heterocycles. The molecule has 0 spiro atoms. The number of phenols is 3. The van der Waals surface area contributed by atoms with E-state index in [-0.39, 0.29) is 29.0 Å². The van der Waals surface area contributed by atoms with Gasteiger partial charge < -0.3 is 45.2 Å². The molecule has 2 heterocycles. The number of ketones is 1. The van der Waals surface area contributed by atoms with Gasteiger partial charge in [-0.25, -0.2) is 0 Å². The molecule has 0 aliphatic carbocycles. The van der Waals surface area contributed by atoms with E-state index in [4.69, 9.17) is 9.47 Å². The van der Waals surface area contributed by atoms with Crippen LogP contribution < -0.4 is 4.74 Å². The molecule has 0 saturated carbocycles. The third-order valence-electron chi connectivity index (χ3n) is 5.63. The van der Waals surface area contributed by atoms with Crippen LogP contribution in [0.3, 0.4) is 0 Å². The normalized spacial score (nSPS) is 30.5. The maximum absolute atomic E-state index is 12.8. The van der Waals surface area contributed by atoms with Crippen LogP contribution in [-0.2, 0) is 4.74 Å². The van der Waals surface area contributed by atoms with Crippen molar-refractivity contribution in [3.8, 4) is 23.0 Å². The van der Waals surface area contributed by atoms with E-state index in [9.17, 15) is 40.5 Å². The molecular weight excluding hydrogens is 412 g/mol. The summed E-state index contributed by atoms with van der Waals surface area (Å²) in [4.78, 5) is 12.8. The highest BCUT2D eigenvalue weighted by Crippen LogP contribution is 2.50. The van der Waals surface area contributed by atoms with E-state index in [1.807, 2.05) is 0 Å². The van der Waals surface area contributed by atoms with Gasteiger partial charge in [-0.15, -0.1) is 0 Å². The lowest BCUT2D eigenvalue weighted by Gasteiger charge is -2.41. The number of phenolic OH excluding ortho intramolecular Hbond substituents is 3. The van der Waals surface area contributed by atoms with Crippen LogP contribution in [0.15, 0.2) is 30.3 Å². The Morgan fingerprint density at radius 1 is 0.935 bits per heavy atom. The van der Waals surface area contributed by atoms with E-state index in [1.165, 1.54) is 12.1 Å². The van der Waals surface area contributed by atoms with Gasteiger partial charge in [-0.05, 0) is 17.7 Å². The number of hydrogen-bond acceptors (Lipinski definition) is 10. The average molecular weight is 434 g/mol. The number of Topliss-reactive ketones (excluding diaryl/α,β-unsaturated/α-hetero) is 1. The van der Waals surface area contributed by atoms with Crippen molar-refractivity contribution in [2.75, 3.05) is 6.61 Å². The largest absolute Gasteiger partial charge is 0.508 e. The van der Waals surface area contributed by atoms with Gasteiger partial charge >= 0.3 is 0 Å². The second-order valence-electron chi connectivity index (χ2n) is 7.61. The van der Waals surface area contributed by atoms with Crippen molar-refractivity contribution >= 4 is 5.78 Å². The van der Waals surface area contributed by atoms with Crippen molar-refractivity contribution in [1.29, 1.82) is 0 Å². The topological polar surface area (TPSA) is 177 Å². The molecule has 1 fully saturated rings. The zero-order valence-corrected chi connectivity index (χ0v) is 16.1. The quantitative estimate of drug-likeness (QED) is 0.348. The van der Waals surface area contributed by atoms with E-state index in [0.717, 1.165) is 6.07 Å². The summed E-state index contributed by atoms with van der Waals surface area (Å²) in [5.41, 5.74) is 0.112. The maximum atomic E-state index is 12.8. The molecule has 1 saturated heterocycles. The van der Waals surface area contributed by atoms with Crippen molar-refractivity contribution < 1.29 is 50.0 Å². The highest BCUT2D eigenvalue weighted by atomic mass is 16.5. The smallest absolute Gasteiger partial charge is 0.174 e. The zero-order valence-electron chi connectivity index (χ0n) is 16.1. The highest BCUT2D eigenvalue weighted by Gasteiger charge is 2.47. The van der Waals surface area contributed by atoms with Gasteiger partial charge in [-0.1, -0.05) is 12.1 Å². The van der Waals surface area contributed by atoms with Gasteiger partial charge in [0.25, 0.3) is 0 Å². The van der Waals surface area contributed by atoms with Gasteiger partial charge in [0.2, 0.25) is 0 Å². The number of fused-ring (bicyclic) bond motifs is 1. The SMILES string of the molecule is O=C1C[C@@H](c2ccc(O)cc2)Oc2c1c(O)cc(O)c2[C@@H]1O[C@H](CO)[C@@H](O)[C@H](O)[C@H]1O. The second kappa shape index (κ2) is 7.98. The van der Waals surface area contributed by atoms with Crippen LogP contribution in [0.25, 0.3) is 0 Å². The Labute approximate surface area is 176 Å². The number of aliphatic hydroxyl groups is 4. The number of carbonyl (C=O) groups excluding carboxylic acids is 1. The Balaban J connectivity index is 1.81. The Morgan fingerprint density at radius 2 is 1.61 bits per heavy atom. The first-order valence-corrected chi connectivity index (χ1v) is 9.61. The van der Waals surface area contributed by atoms with E-state index < -0.39 is 60.5 Å². The molecule has 2 aliphatic rings. The van der Waals surface area contributed by atoms with Gasteiger partial charge in [-0.3, -0.25) is 4.79 Å². The van der Waals surface area contributed by atoms with Crippen LogP contribution in [-0.4, -0.2) is 72.6 Å². The first kappa shape index (κ1) is 21.3. The highest BCUT2D eigenvalue weighted by molar-refractivity contribution is 6.03. The van der Waals surface area contributed by atoms with Gasteiger partial charge in [-0.2, -0.15) is 0 Å². The van der Waals surface area contributed by atoms with Gasteiger partial charge in [0.15, 0.2) is 5.78 Å². The molecule has 0 radical (unpaired) electrons. The molecule has 2 aromatic carbocycles. The molecule has 166 valence electrons. The fraction of sp³-hybridized carbons (Fsp3) is 0.381. The molecule has 2 aromatic rings. The summed E-state index contributed by atoms with van der Waals surface area (Å²) in [6.45, 7) is -0.682. The first-order valence-electron chi connectivity index (χ1n) is 9.61. The molecule has 0 amide bonds. The maximum Gasteiger partial charge on any atom is 0.174 e. The lowest BCUT2D eigenvalue weighted by atomic mass is 9.87.